The number of halogens is 2. The topological polar surface area (TPSA) is 47.8 Å². The van der Waals surface area contributed by atoms with E-state index in [9.17, 15) is 4.79 Å². The Morgan fingerprint density at radius 1 is 1.41 bits per heavy atom. The van der Waals surface area contributed by atoms with Crippen LogP contribution < -0.4 is 0 Å². The number of carbonyl (C=O) groups excluding carboxylic acids is 1. The molecule has 2 aromatic heterocycles. The van der Waals surface area contributed by atoms with Crippen molar-refractivity contribution in [1.29, 1.82) is 0 Å². The molecule has 0 radical (unpaired) electrons. The van der Waals surface area contributed by atoms with Gasteiger partial charge in [-0.1, -0.05) is 0 Å². The molecule has 0 aliphatic carbocycles. The van der Waals surface area contributed by atoms with Gasteiger partial charge in [0.2, 0.25) is 5.78 Å². The maximum Gasteiger partial charge on any atom is 0.215 e. The monoisotopic (exact) mass is 357 g/mol. The zero-order chi connectivity index (χ0) is 12.4. The molecule has 0 aromatic carbocycles. The molecule has 0 fully saturated rings. The van der Waals surface area contributed by atoms with Crippen molar-refractivity contribution >= 4 is 37.6 Å². The molecule has 4 nitrogen and oxygen atoms in total. The second-order valence-corrected chi connectivity index (χ2v) is 5.17. The van der Waals surface area contributed by atoms with Crippen molar-refractivity contribution in [2.24, 2.45) is 0 Å². The number of pyridine rings is 1. The van der Waals surface area contributed by atoms with Crippen LogP contribution in [0.5, 0.6) is 0 Å². The van der Waals surface area contributed by atoms with E-state index in [4.69, 9.17) is 0 Å². The first kappa shape index (κ1) is 12.4. The van der Waals surface area contributed by atoms with Crippen LogP contribution in [0.15, 0.2) is 33.6 Å². The molecule has 2 heterocycles. The standard InChI is InChI=1S/C11H9Br2N3O/c1-2-16-6-7(4-15-16)11(17)10-9(13)3-8(12)5-14-10/h3-6H,2H2,1H3. The van der Waals surface area contributed by atoms with Crippen LogP contribution in [0.1, 0.15) is 23.0 Å². The molecule has 0 saturated carbocycles. The number of aromatic nitrogens is 3. The minimum atomic E-state index is -0.135. The largest absolute Gasteiger partial charge is 0.287 e. The van der Waals surface area contributed by atoms with Gasteiger partial charge in [-0.15, -0.1) is 0 Å². The van der Waals surface area contributed by atoms with Crippen molar-refractivity contribution in [3.8, 4) is 0 Å². The summed E-state index contributed by atoms with van der Waals surface area (Å²) in [6.45, 7) is 2.71. The van der Waals surface area contributed by atoms with E-state index in [1.54, 1.807) is 29.3 Å². The third kappa shape index (κ3) is 2.63. The van der Waals surface area contributed by atoms with E-state index < -0.39 is 0 Å². The van der Waals surface area contributed by atoms with Crippen LogP contribution in [0.3, 0.4) is 0 Å². The summed E-state index contributed by atoms with van der Waals surface area (Å²) in [4.78, 5) is 16.3. The van der Waals surface area contributed by atoms with Gasteiger partial charge in [-0.25, -0.2) is 0 Å². The van der Waals surface area contributed by atoms with Crippen LogP contribution >= 0.6 is 31.9 Å². The fraction of sp³-hybridized carbons (Fsp3) is 0.182. The minimum absolute atomic E-state index is 0.135. The van der Waals surface area contributed by atoms with E-state index in [1.165, 1.54) is 0 Å². The number of aryl methyl sites for hydroxylation is 1. The molecule has 17 heavy (non-hydrogen) atoms. The number of nitrogens with zero attached hydrogens (tertiary/aromatic N) is 3. The smallest absolute Gasteiger partial charge is 0.215 e. The lowest BCUT2D eigenvalue weighted by atomic mass is 10.1. The van der Waals surface area contributed by atoms with Gasteiger partial charge in [0.15, 0.2) is 0 Å². The average Bonchev–Trinajstić information content (AvgIpc) is 2.76. The molecule has 0 atom stereocenters. The molecule has 0 amide bonds. The van der Waals surface area contributed by atoms with Gasteiger partial charge >= 0.3 is 0 Å². The van der Waals surface area contributed by atoms with E-state index >= 15 is 0 Å². The van der Waals surface area contributed by atoms with Gasteiger partial charge in [0.05, 0.1) is 11.8 Å². The maximum absolute atomic E-state index is 12.1. The molecular weight excluding hydrogens is 350 g/mol. The number of hydrogen-bond acceptors (Lipinski definition) is 3. The summed E-state index contributed by atoms with van der Waals surface area (Å²) in [5.74, 6) is -0.135. The Hall–Kier alpha value is -1.01. The van der Waals surface area contributed by atoms with E-state index in [-0.39, 0.29) is 5.78 Å². The van der Waals surface area contributed by atoms with Gasteiger partial charge < -0.3 is 0 Å². The van der Waals surface area contributed by atoms with Crippen LogP contribution in [0.2, 0.25) is 0 Å². The molecule has 0 aliphatic heterocycles. The summed E-state index contributed by atoms with van der Waals surface area (Å²) >= 11 is 6.63. The molecule has 2 rings (SSSR count). The van der Waals surface area contributed by atoms with Gasteiger partial charge in [-0.2, -0.15) is 5.10 Å². The van der Waals surface area contributed by atoms with E-state index in [0.29, 0.717) is 15.7 Å². The Morgan fingerprint density at radius 3 is 2.76 bits per heavy atom. The predicted octanol–water partition coefficient (Wildman–Crippen LogP) is 3.05. The molecule has 0 unspecified atom stereocenters. The fourth-order valence-corrected chi connectivity index (χ4v) is 2.54. The highest BCUT2D eigenvalue weighted by atomic mass is 79.9. The Balaban J connectivity index is 2.36. The van der Waals surface area contributed by atoms with Crippen LogP contribution in [-0.2, 0) is 6.54 Å². The normalized spacial score (nSPS) is 10.5. The van der Waals surface area contributed by atoms with Gasteiger partial charge in [-0.3, -0.25) is 14.5 Å². The van der Waals surface area contributed by atoms with Crippen molar-refractivity contribution in [3.63, 3.8) is 0 Å². The highest BCUT2D eigenvalue weighted by Crippen LogP contribution is 2.21. The fourth-order valence-electron chi connectivity index (χ4n) is 1.37. The lowest BCUT2D eigenvalue weighted by Gasteiger charge is -2.01. The van der Waals surface area contributed by atoms with Crippen molar-refractivity contribution in [2.75, 3.05) is 0 Å². The molecule has 0 bridgehead atoms. The minimum Gasteiger partial charge on any atom is -0.287 e. The summed E-state index contributed by atoms with van der Waals surface area (Å²) in [6, 6.07) is 1.80. The third-order valence-electron chi connectivity index (χ3n) is 2.24. The maximum atomic E-state index is 12.1. The first-order valence-electron chi connectivity index (χ1n) is 5.00. The Labute approximate surface area is 115 Å². The van der Waals surface area contributed by atoms with Crippen LogP contribution in [0, 0.1) is 0 Å². The highest BCUT2D eigenvalue weighted by molar-refractivity contribution is 9.11. The number of rotatable bonds is 3. The van der Waals surface area contributed by atoms with Crippen LogP contribution in [0.4, 0.5) is 0 Å². The summed E-state index contributed by atoms with van der Waals surface area (Å²) in [7, 11) is 0. The molecule has 0 aliphatic rings. The van der Waals surface area contributed by atoms with Crippen molar-refractivity contribution in [2.45, 2.75) is 13.5 Å². The molecule has 6 heteroatoms. The summed E-state index contributed by atoms with van der Waals surface area (Å²) in [6.07, 6.45) is 4.88. The zero-order valence-corrected chi connectivity index (χ0v) is 12.2. The van der Waals surface area contributed by atoms with Crippen molar-refractivity contribution in [3.05, 3.63) is 44.9 Å². The van der Waals surface area contributed by atoms with E-state index in [0.717, 1.165) is 11.0 Å². The van der Waals surface area contributed by atoms with Crippen molar-refractivity contribution in [1.82, 2.24) is 14.8 Å². The SMILES string of the molecule is CCn1cc(C(=O)c2ncc(Br)cc2Br)cn1. The lowest BCUT2D eigenvalue weighted by Crippen LogP contribution is -2.04. The zero-order valence-electron chi connectivity index (χ0n) is 9.02. The summed E-state index contributed by atoms with van der Waals surface area (Å²) in [5, 5.41) is 4.07. The van der Waals surface area contributed by atoms with Crippen LogP contribution in [0.25, 0.3) is 0 Å². The summed E-state index contributed by atoms with van der Waals surface area (Å²) < 4.78 is 3.20. The van der Waals surface area contributed by atoms with E-state index in [1.807, 2.05) is 6.92 Å². The molecule has 0 spiro atoms. The Bertz CT molecular complexity index is 566. The second kappa shape index (κ2) is 5.10. The number of carbonyl (C=O) groups is 1. The molecular formula is C11H9Br2N3O. The molecule has 88 valence electrons. The Kier molecular flexibility index (Phi) is 3.73. The number of ketones is 1. The van der Waals surface area contributed by atoms with E-state index in [2.05, 4.69) is 41.9 Å². The quantitative estimate of drug-likeness (QED) is 0.792. The van der Waals surface area contributed by atoms with Gasteiger partial charge in [0.25, 0.3) is 0 Å². The second-order valence-electron chi connectivity index (χ2n) is 3.40. The van der Waals surface area contributed by atoms with Crippen LogP contribution in [-0.4, -0.2) is 20.5 Å². The highest BCUT2D eigenvalue weighted by Gasteiger charge is 2.16. The molecule has 0 saturated heterocycles. The Morgan fingerprint density at radius 2 is 2.18 bits per heavy atom. The average molecular weight is 359 g/mol. The summed E-state index contributed by atoms with van der Waals surface area (Å²) in [5.41, 5.74) is 0.936. The van der Waals surface area contributed by atoms with Gasteiger partial charge in [-0.05, 0) is 44.8 Å². The molecule has 2 aromatic rings. The lowest BCUT2D eigenvalue weighted by molar-refractivity contribution is 0.103. The first-order valence-corrected chi connectivity index (χ1v) is 6.58. The predicted molar refractivity (Wildman–Crippen MR) is 71.0 cm³/mol. The molecule has 0 N–H and O–H groups in total. The van der Waals surface area contributed by atoms with Gasteiger partial charge in [0.1, 0.15) is 5.69 Å². The number of hydrogen-bond donors (Lipinski definition) is 0. The van der Waals surface area contributed by atoms with Crippen molar-refractivity contribution < 1.29 is 4.79 Å². The third-order valence-corrected chi connectivity index (χ3v) is 3.28. The first-order chi connectivity index (χ1) is 8.11. The van der Waals surface area contributed by atoms with Gasteiger partial charge in [0, 0.05) is 27.9 Å².